The predicted molar refractivity (Wildman–Crippen MR) is 28.4 cm³/mol. The first-order valence-corrected chi connectivity index (χ1v) is 2.85. The third-order valence-electron chi connectivity index (χ3n) is 1.98. The van der Waals surface area contributed by atoms with Crippen LogP contribution < -0.4 is 0 Å². The molecule has 1 atom stereocenters. The zero-order chi connectivity index (χ0) is 4.74. The van der Waals surface area contributed by atoms with Gasteiger partial charge in [0.1, 0.15) is 0 Å². The summed E-state index contributed by atoms with van der Waals surface area (Å²) in [4.78, 5) is 0. The summed E-state index contributed by atoms with van der Waals surface area (Å²) in [5, 5.41) is 0. The van der Waals surface area contributed by atoms with E-state index in [2.05, 4.69) is 18.6 Å². The molecule has 0 saturated heterocycles. The van der Waals surface area contributed by atoms with Gasteiger partial charge in [0.15, 0.2) is 0 Å². The smallest absolute Gasteiger partial charge is 0.00186 e. The number of rotatable bonds is 0. The van der Waals surface area contributed by atoms with E-state index in [4.69, 9.17) is 0 Å². The SMILES string of the molecule is [C]1=CCC12[CH]CC2. The van der Waals surface area contributed by atoms with Gasteiger partial charge in [-0.2, -0.15) is 0 Å². The summed E-state index contributed by atoms with van der Waals surface area (Å²) in [5.74, 6) is 0. The Morgan fingerprint density at radius 2 is 2.29 bits per heavy atom. The fourth-order valence-corrected chi connectivity index (χ4v) is 1.17. The second-order valence-electron chi connectivity index (χ2n) is 2.45. The van der Waals surface area contributed by atoms with Crippen molar-refractivity contribution in [3.8, 4) is 0 Å². The monoisotopic (exact) mass is 92.1 g/mol. The minimum absolute atomic E-state index is 0.514. The highest BCUT2D eigenvalue weighted by molar-refractivity contribution is 5.18. The van der Waals surface area contributed by atoms with Crippen molar-refractivity contribution >= 4 is 0 Å². The molecule has 2 aliphatic carbocycles. The fraction of sp³-hybridized carbons (Fsp3) is 0.571. The van der Waals surface area contributed by atoms with E-state index in [1.54, 1.807) is 0 Å². The maximum absolute atomic E-state index is 3.28. The molecule has 0 heterocycles. The predicted octanol–water partition coefficient (Wildman–Crippen LogP) is 1.73. The summed E-state index contributed by atoms with van der Waals surface area (Å²) in [5.41, 5.74) is 0.514. The summed E-state index contributed by atoms with van der Waals surface area (Å²) in [6.45, 7) is 0. The van der Waals surface area contributed by atoms with Crippen LogP contribution in [0.2, 0.25) is 0 Å². The van der Waals surface area contributed by atoms with E-state index < -0.39 is 0 Å². The van der Waals surface area contributed by atoms with Crippen molar-refractivity contribution < 1.29 is 0 Å². The van der Waals surface area contributed by atoms with E-state index >= 15 is 0 Å². The van der Waals surface area contributed by atoms with Crippen LogP contribution in [0.15, 0.2) is 6.08 Å². The Hall–Kier alpha value is -0.260. The van der Waals surface area contributed by atoms with Crippen LogP contribution in [0, 0.1) is 17.9 Å². The van der Waals surface area contributed by atoms with Crippen molar-refractivity contribution in [2.75, 3.05) is 0 Å². The zero-order valence-corrected chi connectivity index (χ0v) is 4.28. The molecule has 0 aliphatic heterocycles. The molecule has 0 aromatic carbocycles. The quantitative estimate of drug-likeness (QED) is 0.427. The molecule has 0 aromatic heterocycles. The molecule has 2 rings (SSSR count). The van der Waals surface area contributed by atoms with Gasteiger partial charge < -0.3 is 0 Å². The molecule has 2 radical (unpaired) electrons. The first-order chi connectivity index (χ1) is 3.41. The van der Waals surface area contributed by atoms with Gasteiger partial charge in [0.05, 0.1) is 0 Å². The summed E-state index contributed by atoms with van der Waals surface area (Å²) in [6, 6.07) is 0. The van der Waals surface area contributed by atoms with Crippen molar-refractivity contribution in [1.29, 1.82) is 0 Å². The largest absolute Gasteiger partial charge is 0.0795 e. The summed E-state index contributed by atoms with van der Waals surface area (Å²) >= 11 is 0. The van der Waals surface area contributed by atoms with Gasteiger partial charge in [-0.25, -0.2) is 0 Å². The Balaban J connectivity index is 2.15. The van der Waals surface area contributed by atoms with E-state index in [0.717, 1.165) is 0 Å². The Labute approximate surface area is 44.2 Å². The average molecular weight is 92.1 g/mol. The molecule has 1 spiro atoms. The molecule has 7 heavy (non-hydrogen) atoms. The first-order valence-electron chi connectivity index (χ1n) is 2.85. The fourth-order valence-electron chi connectivity index (χ4n) is 1.17. The van der Waals surface area contributed by atoms with E-state index in [9.17, 15) is 0 Å². The van der Waals surface area contributed by atoms with Crippen LogP contribution in [0.5, 0.6) is 0 Å². The molecule has 0 heteroatoms. The molecule has 0 nitrogen and oxygen atoms in total. The highest BCUT2D eigenvalue weighted by Gasteiger charge is 2.38. The Kier molecular flexibility index (Phi) is 0.495. The molecule has 0 aromatic rings. The molecule has 1 fully saturated rings. The average Bonchev–Trinajstić information content (AvgIpc) is 1.20. The van der Waals surface area contributed by atoms with Crippen LogP contribution in [0.1, 0.15) is 19.3 Å². The van der Waals surface area contributed by atoms with Crippen LogP contribution in [-0.2, 0) is 0 Å². The van der Waals surface area contributed by atoms with Gasteiger partial charge in [-0.1, -0.05) is 6.08 Å². The molecule has 1 saturated carbocycles. The van der Waals surface area contributed by atoms with Crippen LogP contribution in [0.4, 0.5) is 0 Å². The minimum atomic E-state index is 0.514. The number of allylic oxidation sites excluding steroid dienone is 2. The Morgan fingerprint density at radius 1 is 1.57 bits per heavy atom. The molecule has 0 N–H and O–H groups in total. The highest BCUT2D eigenvalue weighted by atomic mass is 14.4. The highest BCUT2D eigenvalue weighted by Crippen LogP contribution is 2.48. The number of hydrogen-bond donors (Lipinski definition) is 0. The van der Waals surface area contributed by atoms with Gasteiger partial charge in [-0.05, 0) is 31.8 Å². The van der Waals surface area contributed by atoms with Crippen LogP contribution in [0.25, 0.3) is 0 Å². The van der Waals surface area contributed by atoms with Gasteiger partial charge >= 0.3 is 0 Å². The van der Waals surface area contributed by atoms with E-state index in [-0.39, 0.29) is 0 Å². The Morgan fingerprint density at radius 3 is 2.29 bits per heavy atom. The maximum Gasteiger partial charge on any atom is 0.00186 e. The molecule has 0 amide bonds. The zero-order valence-electron chi connectivity index (χ0n) is 4.28. The molecular weight excluding hydrogens is 84.1 g/mol. The molecular formula is C7H8. The van der Waals surface area contributed by atoms with Crippen molar-refractivity contribution in [3.05, 3.63) is 18.6 Å². The summed E-state index contributed by atoms with van der Waals surface area (Å²) < 4.78 is 0. The molecule has 36 valence electrons. The van der Waals surface area contributed by atoms with Crippen molar-refractivity contribution in [1.82, 2.24) is 0 Å². The van der Waals surface area contributed by atoms with Crippen molar-refractivity contribution in [2.24, 2.45) is 5.41 Å². The lowest BCUT2D eigenvalue weighted by Gasteiger charge is -2.42. The van der Waals surface area contributed by atoms with Crippen LogP contribution >= 0.6 is 0 Å². The number of hydrogen-bond acceptors (Lipinski definition) is 0. The van der Waals surface area contributed by atoms with Crippen molar-refractivity contribution in [3.63, 3.8) is 0 Å². The lowest BCUT2D eigenvalue weighted by atomic mass is 9.61. The minimum Gasteiger partial charge on any atom is -0.0795 e. The third-order valence-corrected chi connectivity index (χ3v) is 1.98. The van der Waals surface area contributed by atoms with E-state index in [1.165, 1.54) is 19.3 Å². The van der Waals surface area contributed by atoms with Gasteiger partial charge in [0.25, 0.3) is 0 Å². The van der Waals surface area contributed by atoms with Crippen molar-refractivity contribution in [2.45, 2.75) is 19.3 Å². The second-order valence-corrected chi connectivity index (χ2v) is 2.45. The maximum atomic E-state index is 3.28. The molecule has 2 aliphatic rings. The van der Waals surface area contributed by atoms with Gasteiger partial charge in [-0.3, -0.25) is 0 Å². The molecule has 0 bridgehead atoms. The lowest BCUT2D eigenvalue weighted by Crippen LogP contribution is -2.32. The second kappa shape index (κ2) is 0.936. The normalized spacial score (nSPS) is 32.0. The lowest BCUT2D eigenvalue weighted by molar-refractivity contribution is 0.268. The van der Waals surface area contributed by atoms with Crippen LogP contribution in [-0.4, -0.2) is 0 Å². The first kappa shape index (κ1) is 3.71. The third kappa shape index (κ3) is 0.324. The Bertz CT molecular complexity index is 107. The van der Waals surface area contributed by atoms with Gasteiger partial charge in [0.2, 0.25) is 0 Å². The topological polar surface area (TPSA) is 0 Å². The molecule has 1 unspecified atom stereocenters. The van der Waals surface area contributed by atoms with Crippen LogP contribution in [0.3, 0.4) is 0 Å². The van der Waals surface area contributed by atoms with E-state index in [1.807, 2.05) is 0 Å². The van der Waals surface area contributed by atoms with Gasteiger partial charge in [0, 0.05) is 5.41 Å². The standard InChI is InChI=1S/C7H8/c1-3-7(4-1)5-2-6-7/h1,5H,2-3,6H2. The van der Waals surface area contributed by atoms with Gasteiger partial charge in [-0.15, -0.1) is 0 Å². The summed E-state index contributed by atoms with van der Waals surface area (Å²) in [6.07, 6.45) is 11.7. The van der Waals surface area contributed by atoms with E-state index in [0.29, 0.717) is 5.41 Å². The summed E-state index contributed by atoms with van der Waals surface area (Å²) in [7, 11) is 0.